The van der Waals surface area contributed by atoms with E-state index in [1.807, 2.05) is 68.5 Å². The van der Waals surface area contributed by atoms with Crippen molar-refractivity contribution in [2.24, 2.45) is 17.3 Å². The highest BCUT2D eigenvalue weighted by Crippen LogP contribution is 2.46. The average Bonchev–Trinajstić information content (AvgIpc) is 4.20. The maximum atomic E-state index is 15.1. The van der Waals surface area contributed by atoms with E-state index in [1.54, 1.807) is 7.11 Å². The van der Waals surface area contributed by atoms with Crippen molar-refractivity contribution in [3.8, 4) is 22.8 Å². The number of ether oxygens (including phenoxy) is 3. The predicted molar refractivity (Wildman–Crippen MR) is 234 cm³/mol. The Balaban J connectivity index is 1.20. The summed E-state index contributed by atoms with van der Waals surface area (Å²) in [5.41, 5.74) is 0.980. The number of pyridine rings is 1. The number of rotatable bonds is 9. The van der Waals surface area contributed by atoms with Gasteiger partial charge in [0.2, 0.25) is 21.8 Å². The first-order valence-electron chi connectivity index (χ1n) is 21.9. The van der Waals surface area contributed by atoms with Crippen LogP contribution in [0.25, 0.3) is 28.2 Å². The Bertz CT molecular complexity index is 2380. The Labute approximate surface area is 363 Å². The van der Waals surface area contributed by atoms with Crippen LogP contribution in [0.2, 0.25) is 0 Å². The molecule has 4 fully saturated rings. The number of benzene rings is 2. The molecule has 3 heterocycles. The second kappa shape index (κ2) is 17.4. The molecule has 0 spiro atoms. The van der Waals surface area contributed by atoms with Crippen molar-refractivity contribution in [3.63, 3.8) is 0 Å². The first-order chi connectivity index (χ1) is 29.7. The second-order valence-electron chi connectivity index (χ2n) is 18.3. The Morgan fingerprint density at radius 2 is 1.81 bits per heavy atom. The van der Waals surface area contributed by atoms with E-state index in [-0.39, 0.29) is 37.3 Å². The molecule has 2 aliphatic heterocycles. The largest absolute Gasteiger partial charge is 0.496 e. The third kappa shape index (κ3) is 9.18. The van der Waals surface area contributed by atoms with Gasteiger partial charge in [0.25, 0.3) is 5.91 Å². The highest BCUT2D eigenvalue weighted by molar-refractivity contribution is 7.91. The van der Waals surface area contributed by atoms with E-state index in [4.69, 9.17) is 19.2 Å². The summed E-state index contributed by atoms with van der Waals surface area (Å²) in [6.07, 6.45) is 10.9. The number of allylic oxidation sites excluding steroid dienone is 1. The molecule has 2 aromatic carbocycles. The van der Waals surface area contributed by atoms with Crippen molar-refractivity contribution < 1.29 is 41.8 Å². The molecule has 0 unspecified atom stereocenters. The number of hydrogen-bond donors (Lipinski definition) is 3. The number of alkyl carbamates (subject to hydrolysis) is 1. The summed E-state index contributed by atoms with van der Waals surface area (Å²) >= 11 is 0. The van der Waals surface area contributed by atoms with Gasteiger partial charge in [-0.3, -0.25) is 19.1 Å². The minimum absolute atomic E-state index is 0.0164. The van der Waals surface area contributed by atoms with Crippen molar-refractivity contribution in [1.29, 1.82) is 0 Å². The molecule has 5 aliphatic rings. The zero-order valence-electron chi connectivity index (χ0n) is 35.7. The number of carbonyl (C=O) groups excluding carboxylic acids is 4. The average molecular weight is 868 g/mol. The van der Waals surface area contributed by atoms with Gasteiger partial charge in [0.1, 0.15) is 35.2 Å². The fraction of sp³-hybridized carbons (Fsp3) is 0.511. The number of aromatic nitrogens is 1. The first-order valence-corrected chi connectivity index (χ1v) is 23.4. The molecule has 4 amide bonds. The minimum atomic E-state index is -3.92. The van der Waals surface area contributed by atoms with E-state index in [2.05, 4.69) is 28.0 Å². The van der Waals surface area contributed by atoms with Crippen LogP contribution >= 0.6 is 0 Å². The molecule has 3 N–H and O–H groups in total. The fourth-order valence-corrected chi connectivity index (χ4v) is 10.6. The molecule has 3 aromatic rings. The van der Waals surface area contributed by atoms with Gasteiger partial charge in [0, 0.05) is 41.0 Å². The summed E-state index contributed by atoms with van der Waals surface area (Å²) in [4.78, 5) is 63.6. The highest BCUT2D eigenvalue weighted by Gasteiger charge is 2.62. The summed E-state index contributed by atoms with van der Waals surface area (Å²) in [6, 6.07) is 13.3. The number of nitrogens with one attached hydrogen (secondary N) is 3. The molecule has 330 valence electrons. The maximum absolute atomic E-state index is 15.1. The molecule has 4 bridgehead atoms. The Morgan fingerprint density at radius 3 is 2.50 bits per heavy atom. The monoisotopic (exact) mass is 867 g/mol. The second-order valence-corrected chi connectivity index (χ2v) is 20.3. The van der Waals surface area contributed by atoms with Crippen LogP contribution in [0, 0.1) is 17.3 Å². The molecule has 3 saturated carbocycles. The molecular formula is C47H57N5O9S. The third-order valence-corrected chi connectivity index (χ3v) is 14.9. The summed E-state index contributed by atoms with van der Waals surface area (Å²) in [5, 5.41) is 5.86. The van der Waals surface area contributed by atoms with Gasteiger partial charge in [0.05, 0.1) is 36.7 Å². The molecule has 1 saturated heterocycles. The predicted octanol–water partition coefficient (Wildman–Crippen LogP) is 6.44. The Hall–Kier alpha value is -5.44. The van der Waals surface area contributed by atoms with Crippen LogP contribution in [0.4, 0.5) is 4.79 Å². The van der Waals surface area contributed by atoms with E-state index in [0.717, 1.165) is 30.4 Å². The van der Waals surface area contributed by atoms with Gasteiger partial charge in [-0.05, 0) is 62.3 Å². The Morgan fingerprint density at radius 1 is 1.05 bits per heavy atom. The number of carbonyl (C=O) groups is 4. The minimum Gasteiger partial charge on any atom is -0.496 e. The number of amides is 4. The van der Waals surface area contributed by atoms with Crippen molar-refractivity contribution >= 4 is 50.8 Å². The zero-order chi connectivity index (χ0) is 43.8. The van der Waals surface area contributed by atoms with Gasteiger partial charge in [-0.1, -0.05) is 81.7 Å². The topological polar surface area (TPSA) is 182 Å². The van der Waals surface area contributed by atoms with Gasteiger partial charge < -0.3 is 29.7 Å². The number of methoxy groups -OCH3 is 1. The molecule has 62 heavy (non-hydrogen) atoms. The van der Waals surface area contributed by atoms with Crippen molar-refractivity contribution in [2.45, 2.75) is 113 Å². The maximum Gasteiger partial charge on any atom is 0.407 e. The Kier molecular flexibility index (Phi) is 12.1. The normalized spacial score (nSPS) is 27.4. The molecule has 3 aliphatic carbocycles. The molecule has 15 heteroatoms. The fourth-order valence-electron chi connectivity index (χ4n) is 9.19. The van der Waals surface area contributed by atoms with Gasteiger partial charge in [-0.2, -0.15) is 0 Å². The van der Waals surface area contributed by atoms with Crippen LogP contribution in [0.15, 0.2) is 67.3 Å². The van der Waals surface area contributed by atoms with E-state index in [1.165, 1.54) is 11.0 Å². The number of fused-ring (bicyclic) bond motifs is 3. The summed E-state index contributed by atoms with van der Waals surface area (Å²) < 4.78 is 46.5. The lowest BCUT2D eigenvalue weighted by atomic mass is 9.83. The van der Waals surface area contributed by atoms with Crippen molar-refractivity contribution in [3.05, 3.63) is 72.8 Å². The van der Waals surface area contributed by atoms with Crippen LogP contribution in [-0.4, -0.2) is 91.4 Å². The molecule has 8 rings (SSSR count). The standard InChI is InChI=1S/C47H57N5O9S/c1-5-32-26-47(32,44(55)51-62(57,58)34-19-20-34)50-42(53)38-23-33-27-52(38)43(54)41(30-16-10-7-11-17-30)49-45(56)60-28-46(2,3)21-13-12-18-31-22-35-37(25-39(31)59-4)48-36(24-40(35)61-33)29-14-8-6-9-15-29/h5-6,8-9,12,14-15,18,22,24-25,30,32-34,38,41H,1,7,10-11,13,16-17,19-21,23,26-28H2,2-4H3,(H,49,56)(H,50,53)(H,51,55)/b18-12-/t32-,33-,38+,41+,47-/m1/s1. The number of nitrogens with zero attached hydrogens (tertiary/aromatic N) is 2. The number of cyclic esters (lactones) is 1. The van der Waals surface area contributed by atoms with Crippen molar-refractivity contribution in [1.82, 2.24) is 25.2 Å². The van der Waals surface area contributed by atoms with E-state index < -0.39 is 68.7 Å². The van der Waals surface area contributed by atoms with Crippen LogP contribution in [0.3, 0.4) is 0 Å². The summed E-state index contributed by atoms with van der Waals surface area (Å²) in [6.45, 7) is 7.98. The number of sulfonamides is 1. The molecule has 14 nitrogen and oxygen atoms in total. The zero-order valence-corrected chi connectivity index (χ0v) is 36.5. The lowest BCUT2D eigenvalue weighted by molar-refractivity contribution is -0.142. The SMILES string of the molecule is C=C[C@@H]1C[C@]1(NC(=O)[C@@H]1C[C@@H]2CN1C(=O)[C@H](C1CCCCC1)NC(=O)OCC(C)(C)CC/C=C\c1cc3c(cc(-c4ccccc4)nc3cc1OC)O2)C(=O)NS(=O)(=O)C1CC1. The molecular weight excluding hydrogens is 811 g/mol. The number of hydrogen-bond acceptors (Lipinski definition) is 10. The van der Waals surface area contributed by atoms with Crippen molar-refractivity contribution in [2.75, 3.05) is 20.3 Å². The van der Waals surface area contributed by atoms with Crippen LogP contribution in [0.1, 0.15) is 90.0 Å². The van der Waals surface area contributed by atoms with E-state index >= 15 is 4.79 Å². The van der Waals surface area contributed by atoms with Gasteiger partial charge in [-0.15, -0.1) is 6.58 Å². The summed E-state index contributed by atoms with van der Waals surface area (Å²) in [5.74, 6) is -1.54. The smallest absolute Gasteiger partial charge is 0.407 e. The van der Waals surface area contributed by atoms with Gasteiger partial charge >= 0.3 is 6.09 Å². The lowest BCUT2D eigenvalue weighted by Gasteiger charge is -2.35. The molecule has 1 aromatic heterocycles. The summed E-state index contributed by atoms with van der Waals surface area (Å²) in [7, 11) is -2.31. The van der Waals surface area contributed by atoms with Gasteiger partial charge in [0.15, 0.2) is 0 Å². The first kappa shape index (κ1) is 43.2. The quantitative estimate of drug-likeness (QED) is 0.203. The molecule has 0 radical (unpaired) electrons. The van der Waals surface area contributed by atoms with E-state index in [0.29, 0.717) is 66.6 Å². The van der Waals surface area contributed by atoms with Crippen LogP contribution < -0.4 is 24.8 Å². The van der Waals surface area contributed by atoms with E-state index in [9.17, 15) is 22.8 Å². The highest BCUT2D eigenvalue weighted by atomic mass is 32.2. The van der Waals surface area contributed by atoms with Crippen LogP contribution in [0.5, 0.6) is 11.5 Å². The molecule has 5 atom stereocenters. The van der Waals surface area contributed by atoms with Crippen LogP contribution in [-0.2, 0) is 29.1 Å². The third-order valence-electron chi connectivity index (χ3n) is 13.1. The lowest BCUT2D eigenvalue weighted by Crippen LogP contribution is -2.59. The van der Waals surface area contributed by atoms with Gasteiger partial charge in [-0.25, -0.2) is 18.2 Å².